The van der Waals surface area contributed by atoms with Crippen LogP contribution in [0.5, 0.6) is 0 Å². The molecule has 3 rings (SSSR count). The summed E-state index contributed by atoms with van der Waals surface area (Å²) in [6, 6.07) is 11.2. The van der Waals surface area contributed by atoms with Crippen LogP contribution in [0.1, 0.15) is 17.0 Å². The fourth-order valence-electron chi connectivity index (χ4n) is 3.09. The zero-order valence-electron chi connectivity index (χ0n) is 15.7. The first kappa shape index (κ1) is 18.4. The van der Waals surface area contributed by atoms with Gasteiger partial charge in [0.2, 0.25) is 10.0 Å². The van der Waals surface area contributed by atoms with E-state index < -0.39 is 10.0 Å². The van der Waals surface area contributed by atoms with Gasteiger partial charge in [-0.2, -0.15) is 9.40 Å². The van der Waals surface area contributed by atoms with Gasteiger partial charge in [0.05, 0.1) is 10.6 Å². The number of aryl methyl sites for hydroxylation is 2. The highest BCUT2D eigenvalue weighted by molar-refractivity contribution is 7.89. The number of hydrogen-bond donors (Lipinski definition) is 1. The van der Waals surface area contributed by atoms with Gasteiger partial charge < -0.3 is 4.90 Å². The Labute approximate surface area is 154 Å². The summed E-state index contributed by atoms with van der Waals surface area (Å²) < 4.78 is 27.4. The zero-order valence-corrected chi connectivity index (χ0v) is 16.6. The highest BCUT2D eigenvalue weighted by Gasteiger charge is 2.23. The summed E-state index contributed by atoms with van der Waals surface area (Å²) in [5.74, 6) is 0. The number of nitrogens with zero attached hydrogens (tertiary/aromatic N) is 3. The van der Waals surface area contributed by atoms with E-state index in [4.69, 9.17) is 0 Å². The summed E-state index contributed by atoms with van der Waals surface area (Å²) in [7, 11) is 1.95. The molecule has 7 heteroatoms. The van der Waals surface area contributed by atoms with E-state index in [2.05, 4.69) is 10.2 Å². The van der Waals surface area contributed by atoms with E-state index in [-0.39, 0.29) is 6.54 Å². The van der Waals surface area contributed by atoms with Gasteiger partial charge in [-0.15, -0.1) is 0 Å². The molecular formula is C19H24N4O2S. The maximum Gasteiger partial charge on any atom is 0.243 e. The first-order valence-electron chi connectivity index (χ1n) is 8.38. The minimum Gasteiger partial charge on any atom is -0.377 e. The Morgan fingerprint density at radius 3 is 2.42 bits per heavy atom. The summed E-state index contributed by atoms with van der Waals surface area (Å²) in [5.41, 5.74) is 3.67. The van der Waals surface area contributed by atoms with E-state index in [1.54, 1.807) is 19.2 Å². The van der Waals surface area contributed by atoms with Crippen molar-refractivity contribution in [3.05, 3.63) is 53.3 Å². The number of benzene rings is 2. The molecule has 0 spiro atoms. The summed E-state index contributed by atoms with van der Waals surface area (Å²) >= 11 is 0. The van der Waals surface area contributed by atoms with Gasteiger partial charge in [-0.25, -0.2) is 8.42 Å². The molecule has 0 radical (unpaired) electrons. The van der Waals surface area contributed by atoms with Crippen LogP contribution in [-0.2, 0) is 16.6 Å². The molecule has 6 nitrogen and oxygen atoms in total. The first-order valence-corrected chi connectivity index (χ1v) is 9.82. The lowest BCUT2D eigenvalue weighted by Crippen LogP contribution is -2.27. The van der Waals surface area contributed by atoms with Gasteiger partial charge >= 0.3 is 0 Å². The zero-order chi connectivity index (χ0) is 19.1. The van der Waals surface area contributed by atoms with E-state index in [1.165, 1.54) is 4.31 Å². The largest absolute Gasteiger partial charge is 0.377 e. The summed E-state index contributed by atoms with van der Waals surface area (Å²) in [4.78, 5) is 2.31. The molecule has 0 aliphatic carbocycles. The van der Waals surface area contributed by atoms with Gasteiger partial charge in [-0.1, -0.05) is 18.2 Å². The predicted molar refractivity (Wildman–Crippen MR) is 105 cm³/mol. The van der Waals surface area contributed by atoms with Gasteiger partial charge in [-0.05, 0) is 37.4 Å². The monoisotopic (exact) mass is 372 g/mol. The Bertz CT molecular complexity index is 1040. The summed E-state index contributed by atoms with van der Waals surface area (Å²) in [5, 5.41) is 8.97. The van der Waals surface area contributed by atoms with Crippen molar-refractivity contribution in [2.24, 2.45) is 0 Å². The van der Waals surface area contributed by atoms with Gasteiger partial charge in [0.1, 0.15) is 0 Å². The fourth-order valence-corrected chi connectivity index (χ4v) is 4.26. The van der Waals surface area contributed by atoms with Crippen LogP contribution in [0.4, 0.5) is 5.69 Å². The number of sulfonamides is 1. The van der Waals surface area contributed by atoms with Crippen molar-refractivity contribution in [1.82, 2.24) is 14.5 Å². The van der Waals surface area contributed by atoms with E-state index >= 15 is 0 Å². The molecule has 0 bridgehead atoms. The number of hydrogen-bond acceptors (Lipinski definition) is 4. The van der Waals surface area contributed by atoms with Crippen LogP contribution in [0, 0.1) is 13.8 Å². The van der Waals surface area contributed by atoms with Crippen molar-refractivity contribution in [3.63, 3.8) is 0 Å². The van der Waals surface area contributed by atoms with Crippen molar-refractivity contribution in [2.75, 3.05) is 26.0 Å². The minimum absolute atomic E-state index is 0.284. The average Bonchev–Trinajstić information content (AvgIpc) is 2.92. The Balaban J connectivity index is 1.99. The molecular weight excluding hydrogens is 348 g/mol. The molecule has 0 fully saturated rings. The Morgan fingerprint density at radius 2 is 1.81 bits per heavy atom. The van der Waals surface area contributed by atoms with Crippen LogP contribution in [0.2, 0.25) is 0 Å². The van der Waals surface area contributed by atoms with Crippen LogP contribution in [0.3, 0.4) is 0 Å². The lowest BCUT2D eigenvalue weighted by atomic mass is 10.1. The lowest BCUT2D eigenvalue weighted by molar-refractivity contribution is 0.465. The fraction of sp³-hybridized carbons (Fsp3) is 0.316. The van der Waals surface area contributed by atoms with Gasteiger partial charge in [0, 0.05) is 50.0 Å². The molecule has 1 N–H and O–H groups in total. The van der Waals surface area contributed by atoms with Gasteiger partial charge in [0.25, 0.3) is 0 Å². The van der Waals surface area contributed by atoms with Crippen molar-refractivity contribution >= 4 is 26.5 Å². The second kappa shape index (κ2) is 6.74. The third kappa shape index (κ3) is 3.20. The second-order valence-electron chi connectivity index (χ2n) is 6.73. The highest BCUT2D eigenvalue weighted by Crippen LogP contribution is 2.29. The maximum absolute atomic E-state index is 13.0. The SMILES string of the molecule is Cc1n[nH]c(C)c1CN(C)S(=O)(=O)c1ccc2c(N(C)C)cccc2c1. The highest BCUT2D eigenvalue weighted by atomic mass is 32.2. The molecule has 138 valence electrons. The molecule has 1 heterocycles. The average molecular weight is 372 g/mol. The van der Waals surface area contributed by atoms with Gasteiger partial charge in [-0.3, -0.25) is 5.10 Å². The topological polar surface area (TPSA) is 69.3 Å². The molecule has 26 heavy (non-hydrogen) atoms. The van der Waals surface area contributed by atoms with Crippen molar-refractivity contribution in [1.29, 1.82) is 0 Å². The van der Waals surface area contributed by atoms with E-state index in [0.717, 1.165) is 33.4 Å². The maximum atomic E-state index is 13.0. The number of rotatable bonds is 5. The smallest absolute Gasteiger partial charge is 0.243 e. The number of H-pyrrole nitrogens is 1. The van der Waals surface area contributed by atoms with Crippen LogP contribution in [-0.4, -0.2) is 44.1 Å². The summed E-state index contributed by atoms with van der Waals surface area (Å²) in [6.07, 6.45) is 0. The first-order chi connectivity index (χ1) is 12.2. The van der Waals surface area contributed by atoms with Crippen molar-refractivity contribution < 1.29 is 8.42 Å². The number of nitrogens with one attached hydrogen (secondary N) is 1. The molecule has 1 aromatic heterocycles. The molecule has 0 saturated carbocycles. The molecule has 0 unspecified atom stereocenters. The molecule has 0 amide bonds. The third-order valence-corrected chi connectivity index (χ3v) is 6.48. The Kier molecular flexibility index (Phi) is 4.77. The standard InChI is InChI=1S/C19H24N4O2S/c1-13-18(14(2)21-20-13)12-23(5)26(24,25)16-9-10-17-15(11-16)7-6-8-19(17)22(3)4/h6-11H,12H2,1-5H3,(H,20,21). The third-order valence-electron chi connectivity index (χ3n) is 4.68. The number of anilines is 1. The summed E-state index contributed by atoms with van der Waals surface area (Å²) in [6.45, 7) is 4.05. The normalized spacial score (nSPS) is 12.1. The molecule has 3 aromatic rings. The van der Waals surface area contributed by atoms with Gasteiger partial charge in [0.15, 0.2) is 0 Å². The van der Waals surface area contributed by atoms with Crippen LogP contribution >= 0.6 is 0 Å². The lowest BCUT2D eigenvalue weighted by Gasteiger charge is -2.19. The quantitative estimate of drug-likeness (QED) is 0.747. The minimum atomic E-state index is -3.60. The number of aromatic amines is 1. The van der Waals surface area contributed by atoms with Crippen molar-refractivity contribution in [3.8, 4) is 0 Å². The van der Waals surface area contributed by atoms with Crippen LogP contribution < -0.4 is 4.90 Å². The van der Waals surface area contributed by atoms with Crippen LogP contribution in [0.15, 0.2) is 41.3 Å². The Hall–Kier alpha value is -2.38. The molecule has 0 aliphatic rings. The van der Waals surface area contributed by atoms with Crippen molar-refractivity contribution in [2.45, 2.75) is 25.3 Å². The van der Waals surface area contributed by atoms with E-state index in [1.807, 2.05) is 57.1 Å². The molecule has 0 aliphatic heterocycles. The predicted octanol–water partition coefficient (Wildman–Crippen LogP) is 3.07. The second-order valence-corrected chi connectivity index (χ2v) is 8.77. The van der Waals surface area contributed by atoms with E-state index in [9.17, 15) is 8.42 Å². The van der Waals surface area contributed by atoms with Crippen LogP contribution in [0.25, 0.3) is 10.8 Å². The molecule has 2 aromatic carbocycles. The molecule has 0 atom stereocenters. The number of aromatic nitrogens is 2. The number of fused-ring (bicyclic) bond motifs is 1. The molecule has 0 saturated heterocycles. The Morgan fingerprint density at radius 1 is 1.08 bits per heavy atom. The van der Waals surface area contributed by atoms with E-state index in [0.29, 0.717) is 4.90 Å².